The molecule has 0 bridgehead atoms. The van der Waals surface area contributed by atoms with Crippen LogP contribution in [0.2, 0.25) is 0 Å². The Morgan fingerprint density at radius 2 is 0.854 bits per heavy atom. The van der Waals surface area contributed by atoms with E-state index in [1.165, 1.54) is 87.3 Å². The van der Waals surface area contributed by atoms with E-state index in [-0.39, 0.29) is 0 Å². The van der Waals surface area contributed by atoms with Crippen LogP contribution in [0.1, 0.15) is 22.3 Å². The number of fused-ring (bicyclic) bond motifs is 5. The van der Waals surface area contributed by atoms with Gasteiger partial charge in [-0.15, -0.1) is 0 Å². The van der Waals surface area contributed by atoms with Gasteiger partial charge in [0.05, 0.1) is 5.41 Å². The van der Waals surface area contributed by atoms with Gasteiger partial charge in [0.2, 0.25) is 0 Å². The van der Waals surface area contributed by atoms with Gasteiger partial charge in [0, 0.05) is 15.2 Å². The van der Waals surface area contributed by atoms with Crippen LogP contribution in [0.25, 0.3) is 55.3 Å². The van der Waals surface area contributed by atoms with Gasteiger partial charge in [-0.1, -0.05) is 182 Å². The Labute approximate surface area is 285 Å². The van der Waals surface area contributed by atoms with Crippen LogP contribution in [-0.2, 0) is 5.41 Å². The van der Waals surface area contributed by atoms with E-state index in [1.54, 1.807) is 0 Å². The quantitative estimate of drug-likeness (QED) is 0.187. The average molecular weight is 627 g/mol. The zero-order chi connectivity index (χ0) is 31.7. The van der Waals surface area contributed by atoms with E-state index in [9.17, 15) is 0 Å². The minimum absolute atomic E-state index is 0.426. The summed E-state index contributed by atoms with van der Waals surface area (Å²) >= 11 is 1.88. The van der Waals surface area contributed by atoms with Gasteiger partial charge in [-0.2, -0.15) is 0 Å². The first-order chi connectivity index (χ1) is 23.8. The fourth-order valence-electron chi connectivity index (χ4n) is 8.49. The van der Waals surface area contributed by atoms with Gasteiger partial charge in [0.1, 0.15) is 0 Å². The molecule has 8 aromatic rings. The van der Waals surface area contributed by atoms with E-state index in [1.807, 2.05) is 11.8 Å². The Balaban J connectivity index is 1.26. The molecule has 0 amide bonds. The SMILES string of the molecule is c1ccc(C2(c3ccccc3)c3ccccc3-c3c(-c4ccccc4-c4ccc5c6c(cccc46)-c4ccccc4S5)cccc32)cc1. The fraction of sp³-hybridized carbons (Fsp3) is 0.0213. The van der Waals surface area contributed by atoms with Crippen LogP contribution < -0.4 is 0 Å². The maximum absolute atomic E-state index is 2.36. The highest BCUT2D eigenvalue weighted by atomic mass is 32.2. The molecule has 2 aliphatic rings. The topological polar surface area (TPSA) is 0 Å². The lowest BCUT2D eigenvalue weighted by molar-refractivity contribution is 0.768. The van der Waals surface area contributed by atoms with Crippen LogP contribution in [0.3, 0.4) is 0 Å². The first-order valence-corrected chi connectivity index (χ1v) is 17.4. The Hall–Kier alpha value is -5.63. The lowest BCUT2D eigenvalue weighted by Crippen LogP contribution is -2.28. The number of rotatable bonds is 4. The molecule has 0 aromatic heterocycles. The van der Waals surface area contributed by atoms with Crippen LogP contribution >= 0.6 is 11.8 Å². The predicted octanol–water partition coefficient (Wildman–Crippen LogP) is 12.7. The summed E-state index contributed by atoms with van der Waals surface area (Å²) in [6.45, 7) is 0. The molecule has 8 aromatic carbocycles. The first-order valence-electron chi connectivity index (χ1n) is 16.6. The van der Waals surface area contributed by atoms with E-state index in [4.69, 9.17) is 0 Å². The summed E-state index contributed by atoms with van der Waals surface area (Å²) in [6.07, 6.45) is 0. The third-order valence-electron chi connectivity index (χ3n) is 10.4. The summed E-state index contributed by atoms with van der Waals surface area (Å²) < 4.78 is 0. The highest BCUT2D eigenvalue weighted by Crippen LogP contribution is 2.59. The van der Waals surface area contributed by atoms with Crippen molar-refractivity contribution in [3.8, 4) is 44.5 Å². The van der Waals surface area contributed by atoms with Crippen LogP contribution in [-0.4, -0.2) is 0 Å². The molecule has 0 N–H and O–H groups in total. The van der Waals surface area contributed by atoms with Gasteiger partial charge in [-0.3, -0.25) is 0 Å². The second kappa shape index (κ2) is 10.7. The van der Waals surface area contributed by atoms with Gasteiger partial charge in [-0.05, 0) is 84.3 Å². The van der Waals surface area contributed by atoms with E-state index < -0.39 is 5.41 Å². The molecule has 0 nitrogen and oxygen atoms in total. The van der Waals surface area contributed by atoms with Crippen molar-refractivity contribution in [1.29, 1.82) is 0 Å². The second-order valence-corrected chi connectivity index (χ2v) is 13.8. The van der Waals surface area contributed by atoms with E-state index >= 15 is 0 Å². The summed E-state index contributed by atoms with van der Waals surface area (Å²) in [6, 6.07) is 67.4. The Morgan fingerprint density at radius 1 is 0.312 bits per heavy atom. The molecule has 1 heterocycles. The minimum atomic E-state index is -0.426. The molecule has 0 spiro atoms. The minimum Gasteiger partial charge on any atom is -0.0888 e. The third-order valence-corrected chi connectivity index (χ3v) is 11.5. The molecule has 0 saturated heterocycles. The molecule has 1 heteroatoms. The molecular weight excluding hydrogens is 597 g/mol. The molecule has 0 saturated carbocycles. The van der Waals surface area contributed by atoms with Crippen molar-refractivity contribution in [3.63, 3.8) is 0 Å². The van der Waals surface area contributed by atoms with E-state index in [0.717, 1.165) is 0 Å². The fourth-order valence-corrected chi connectivity index (χ4v) is 9.62. The van der Waals surface area contributed by atoms with Gasteiger partial charge < -0.3 is 0 Å². The lowest BCUT2D eigenvalue weighted by atomic mass is 9.67. The van der Waals surface area contributed by atoms with Crippen molar-refractivity contribution in [2.24, 2.45) is 0 Å². The van der Waals surface area contributed by atoms with Crippen molar-refractivity contribution < 1.29 is 0 Å². The van der Waals surface area contributed by atoms with Crippen LogP contribution in [0.15, 0.2) is 192 Å². The smallest absolute Gasteiger partial charge is 0.0713 e. The molecule has 1 aliphatic heterocycles. The average Bonchev–Trinajstić information content (AvgIpc) is 3.47. The Morgan fingerprint density at radius 3 is 1.60 bits per heavy atom. The van der Waals surface area contributed by atoms with Gasteiger partial charge in [0.15, 0.2) is 0 Å². The zero-order valence-electron chi connectivity index (χ0n) is 26.2. The number of hydrogen-bond donors (Lipinski definition) is 0. The number of benzene rings is 8. The van der Waals surface area contributed by atoms with Crippen LogP contribution in [0, 0.1) is 0 Å². The normalized spacial score (nSPS) is 13.5. The standard InChI is InChI=1S/C47H30S/c1-3-15-31(16-4-1)47(32-17-5-2-6-18-32)41-26-11-9-22-40(41)45-37(25-14-27-42(45)47)34-20-8-7-19-33(34)35-29-30-44-46-38(35)23-13-24-39(46)36-21-10-12-28-43(36)48-44/h1-30H. The van der Waals surface area contributed by atoms with E-state index in [2.05, 4.69) is 182 Å². The van der Waals surface area contributed by atoms with Gasteiger partial charge >= 0.3 is 0 Å². The zero-order valence-corrected chi connectivity index (χ0v) is 27.0. The van der Waals surface area contributed by atoms with Crippen molar-refractivity contribution in [1.82, 2.24) is 0 Å². The maximum atomic E-state index is 2.36. The van der Waals surface area contributed by atoms with Crippen molar-refractivity contribution >= 4 is 22.5 Å². The summed E-state index contributed by atoms with van der Waals surface area (Å²) in [5.74, 6) is 0. The van der Waals surface area contributed by atoms with Crippen LogP contribution in [0.4, 0.5) is 0 Å². The number of hydrogen-bond acceptors (Lipinski definition) is 1. The predicted molar refractivity (Wildman–Crippen MR) is 202 cm³/mol. The second-order valence-electron chi connectivity index (χ2n) is 12.7. The van der Waals surface area contributed by atoms with Crippen LogP contribution in [0.5, 0.6) is 0 Å². The summed E-state index contributed by atoms with van der Waals surface area (Å²) in [4.78, 5) is 2.65. The van der Waals surface area contributed by atoms with Crippen molar-refractivity contribution in [2.45, 2.75) is 15.2 Å². The summed E-state index contributed by atoms with van der Waals surface area (Å²) in [7, 11) is 0. The van der Waals surface area contributed by atoms with Crippen molar-refractivity contribution in [2.75, 3.05) is 0 Å². The highest BCUT2D eigenvalue weighted by Gasteiger charge is 2.46. The van der Waals surface area contributed by atoms with Crippen molar-refractivity contribution in [3.05, 3.63) is 204 Å². The molecule has 1 aliphatic carbocycles. The first kappa shape index (κ1) is 27.5. The molecule has 10 rings (SSSR count). The lowest BCUT2D eigenvalue weighted by Gasteiger charge is -2.34. The molecule has 224 valence electrons. The molecule has 0 atom stereocenters. The Bertz CT molecular complexity index is 2490. The summed E-state index contributed by atoms with van der Waals surface area (Å²) in [5, 5.41) is 2.65. The molecule has 0 radical (unpaired) electrons. The monoisotopic (exact) mass is 626 g/mol. The van der Waals surface area contributed by atoms with E-state index in [0.29, 0.717) is 0 Å². The van der Waals surface area contributed by atoms with Gasteiger partial charge in [0.25, 0.3) is 0 Å². The maximum Gasteiger partial charge on any atom is 0.0713 e. The summed E-state index contributed by atoms with van der Waals surface area (Å²) in [5.41, 5.74) is 15.1. The van der Waals surface area contributed by atoms with Gasteiger partial charge in [-0.25, -0.2) is 0 Å². The molecular formula is C47H30S. The third kappa shape index (κ3) is 3.80. The largest absolute Gasteiger partial charge is 0.0888 e. The highest BCUT2D eigenvalue weighted by molar-refractivity contribution is 7.99. The Kier molecular flexibility index (Phi) is 6.13. The molecule has 0 unspecified atom stereocenters. The molecule has 48 heavy (non-hydrogen) atoms. The molecule has 0 fully saturated rings.